The Hall–Kier alpha value is -2.43. The van der Waals surface area contributed by atoms with Crippen LogP contribution in [0.1, 0.15) is 5.56 Å². The van der Waals surface area contributed by atoms with Crippen molar-refractivity contribution >= 4 is 20.9 Å². The zero-order valence-electron chi connectivity index (χ0n) is 20.3. The van der Waals surface area contributed by atoms with Gasteiger partial charge in [-0.25, -0.2) is 8.42 Å². The molecule has 1 fully saturated rings. The lowest BCUT2D eigenvalue weighted by molar-refractivity contribution is 0.0511. The Labute approximate surface area is 201 Å². The molecule has 0 radical (unpaired) electrons. The molecule has 4 rings (SSSR count). The van der Waals surface area contributed by atoms with Crippen molar-refractivity contribution in [3.05, 3.63) is 48.0 Å². The van der Waals surface area contributed by atoms with Gasteiger partial charge in [0.05, 0.1) is 18.7 Å². The van der Waals surface area contributed by atoms with E-state index >= 15 is 0 Å². The Bertz CT molecular complexity index is 1230. The van der Waals surface area contributed by atoms with Gasteiger partial charge < -0.3 is 23.7 Å². The molecule has 0 saturated carbocycles. The first-order valence-corrected chi connectivity index (χ1v) is 12.8. The number of aryl methyl sites for hydroxylation is 1. The maximum absolute atomic E-state index is 13.8. The summed E-state index contributed by atoms with van der Waals surface area (Å²) in [7, 11) is 1.89. The molecule has 3 aromatic rings. The summed E-state index contributed by atoms with van der Waals surface area (Å²) in [6, 6.07) is 13.8. The Balaban J connectivity index is 1.87. The number of nitrogens with zero attached hydrogens (tertiary/aromatic N) is 3. The van der Waals surface area contributed by atoms with E-state index in [1.54, 1.807) is 11.4 Å². The molecule has 2 aromatic carbocycles. The molecule has 9 heteroatoms. The maximum atomic E-state index is 13.8. The third kappa shape index (κ3) is 4.85. The number of morpholine rings is 1. The molecule has 0 N–H and O–H groups in total. The highest BCUT2D eigenvalue weighted by Gasteiger charge is 2.33. The Kier molecular flexibility index (Phi) is 7.59. The van der Waals surface area contributed by atoms with Gasteiger partial charge in [0.1, 0.15) is 5.75 Å². The van der Waals surface area contributed by atoms with Crippen molar-refractivity contribution in [1.29, 1.82) is 0 Å². The summed E-state index contributed by atoms with van der Waals surface area (Å²) in [4.78, 5) is 2.06. The first-order valence-electron chi connectivity index (χ1n) is 11.4. The van der Waals surface area contributed by atoms with Gasteiger partial charge in [-0.1, -0.05) is 24.3 Å². The lowest BCUT2D eigenvalue weighted by Crippen LogP contribution is -2.41. The van der Waals surface area contributed by atoms with Crippen LogP contribution in [-0.2, 0) is 26.0 Å². The van der Waals surface area contributed by atoms with E-state index in [0.717, 1.165) is 34.1 Å². The third-order valence-corrected chi connectivity index (χ3v) is 8.17. The second-order valence-electron chi connectivity index (χ2n) is 8.68. The number of fused-ring (bicyclic) bond motifs is 1. The van der Waals surface area contributed by atoms with Crippen LogP contribution in [0, 0.1) is 6.92 Å². The van der Waals surface area contributed by atoms with E-state index in [2.05, 4.69) is 4.90 Å². The van der Waals surface area contributed by atoms with Crippen LogP contribution in [0.15, 0.2) is 47.5 Å². The van der Waals surface area contributed by atoms with Crippen molar-refractivity contribution in [2.24, 2.45) is 0 Å². The Morgan fingerprint density at radius 3 is 2.41 bits per heavy atom. The molecular weight excluding hydrogens is 454 g/mol. The molecule has 1 aliphatic rings. The van der Waals surface area contributed by atoms with Crippen LogP contribution >= 0.6 is 0 Å². The van der Waals surface area contributed by atoms with Crippen LogP contribution in [0.4, 0.5) is 0 Å². The number of rotatable bonds is 9. The highest BCUT2D eigenvalue weighted by Crippen LogP contribution is 2.38. The average Bonchev–Trinajstić information content (AvgIpc) is 3.14. The smallest absolute Gasteiger partial charge is 0.259 e. The molecule has 0 unspecified atom stereocenters. The molecule has 0 bridgehead atoms. The molecular formula is C25H33N3O5S. The van der Waals surface area contributed by atoms with Crippen molar-refractivity contribution < 1.29 is 22.6 Å². The largest absolute Gasteiger partial charge is 0.468 e. The number of aromatic nitrogens is 1. The molecule has 1 aliphatic heterocycles. The van der Waals surface area contributed by atoms with E-state index < -0.39 is 10.0 Å². The zero-order valence-corrected chi connectivity index (χ0v) is 21.1. The Morgan fingerprint density at radius 2 is 1.76 bits per heavy atom. The molecule has 0 aliphatic carbocycles. The summed E-state index contributed by atoms with van der Waals surface area (Å²) in [6.07, 6.45) is 0. The predicted octanol–water partition coefficient (Wildman–Crippen LogP) is 3.18. The van der Waals surface area contributed by atoms with E-state index in [1.807, 2.05) is 68.1 Å². The summed E-state index contributed by atoms with van der Waals surface area (Å²) in [6.45, 7) is 4.97. The Morgan fingerprint density at radius 1 is 1.06 bits per heavy atom. The van der Waals surface area contributed by atoms with Gasteiger partial charge in [-0.05, 0) is 55.9 Å². The molecule has 0 atom stereocenters. The van der Waals surface area contributed by atoms with Crippen LogP contribution < -0.4 is 4.74 Å². The minimum Gasteiger partial charge on any atom is -0.468 e. The number of ether oxygens (including phenoxy) is 3. The predicted molar refractivity (Wildman–Crippen MR) is 133 cm³/mol. The third-order valence-electron chi connectivity index (χ3n) is 6.11. The standard InChI is InChI=1S/C25H33N3O5S/c1-19-24-22(20-8-10-21(11-9-20)33-18-31-4)6-5-7-23(24)28(13-12-26(2)3)25(19)34(29,30)27-14-16-32-17-15-27/h5-11H,12-18H2,1-4H3. The first kappa shape index (κ1) is 24.7. The van der Waals surface area contributed by atoms with Gasteiger partial charge in [0.15, 0.2) is 11.8 Å². The van der Waals surface area contributed by atoms with Crippen LogP contribution in [0.25, 0.3) is 22.0 Å². The molecule has 0 spiro atoms. The van der Waals surface area contributed by atoms with Gasteiger partial charge in [-0.3, -0.25) is 0 Å². The fourth-order valence-electron chi connectivity index (χ4n) is 4.44. The van der Waals surface area contributed by atoms with E-state index in [-0.39, 0.29) is 6.79 Å². The molecule has 2 heterocycles. The van der Waals surface area contributed by atoms with E-state index in [4.69, 9.17) is 14.2 Å². The minimum atomic E-state index is -3.69. The van der Waals surface area contributed by atoms with Gasteiger partial charge in [-0.15, -0.1) is 0 Å². The lowest BCUT2D eigenvalue weighted by Gasteiger charge is -2.27. The van der Waals surface area contributed by atoms with Crippen molar-refractivity contribution in [1.82, 2.24) is 13.8 Å². The lowest BCUT2D eigenvalue weighted by atomic mass is 9.99. The molecule has 8 nitrogen and oxygen atoms in total. The van der Waals surface area contributed by atoms with Crippen molar-refractivity contribution in [2.45, 2.75) is 18.5 Å². The summed E-state index contributed by atoms with van der Waals surface area (Å²) in [5, 5.41) is 1.33. The second kappa shape index (κ2) is 10.5. The number of hydrogen-bond acceptors (Lipinski definition) is 6. The van der Waals surface area contributed by atoms with Gasteiger partial charge in [0.2, 0.25) is 0 Å². The number of sulfonamides is 1. The fourth-order valence-corrected chi connectivity index (χ4v) is 6.27. The fraction of sp³-hybridized carbons (Fsp3) is 0.440. The normalized spacial score (nSPS) is 15.3. The highest BCUT2D eigenvalue weighted by atomic mass is 32.2. The number of likely N-dealkylation sites (N-methyl/N-ethyl adjacent to an activating group) is 1. The van der Waals surface area contributed by atoms with Crippen LogP contribution in [0.3, 0.4) is 0 Å². The quantitative estimate of drug-likeness (QED) is 0.432. The minimum absolute atomic E-state index is 0.186. The first-order chi connectivity index (χ1) is 16.3. The zero-order chi connectivity index (χ0) is 24.3. The van der Waals surface area contributed by atoms with Crippen LogP contribution in [-0.4, -0.2) is 83.0 Å². The summed E-state index contributed by atoms with van der Waals surface area (Å²) >= 11 is 0. The maximum Gasteiger partial charge on any atom is 0.259 e. The number of benzene rings is 2. The molecule has 1 aromatic heterocycles. The SMILES string of the molecule is COCOc1ccc(-c2cccc3c2c(C)c(S(=O)(=O)N2CCOCC2)n3CCN(C)C)cc1. The summed E-state index contributed by atoms with van der Waals surface area (Å²) < 4.78 is 47.1. The van der Waals surface area contributed by atoms with Gasteiger partial charge in [0.25, 0.3) is 10.0 Å². The monoisotopic (exact) mass is 487 g/mol. The van der Waals surface area contributed by atoms with Gasteiger partial charge in [0, 0.05) is 38.7 Å². The van der Waals surface area contributed by atoms with Gasteiger partial charge in [-0.2, -0.15) is 4.31 Å². The number of methoxy groups -OCH3 is 1. The van der Waals surface area contributed by atoms with E-state index in [9.17, 15) is 8.42 Å². The van der Waals surface area contributed by atoms with Crippen molar-refractivity contribution in [3.63, 3.8) is 0 Å². The highest BCUT2D eigenvalue weighted by molar-refractivity contribution is 7.89. The second-order valence-corrected chi connectivity index (χ2v) is 10.5. The van der Waals surface area contributed by atoms with Gasteiger partial charge >= 0.3 is 0 Å². The number of hydrogen-bond donors (Lipinski definition) is 0. The molecule has 1 saturated heterocycles. The van der Waals surface area contributed by atoms with Crippen LogP contribution in [0.2, 0.25) is 0 Å². The van der Waals surface area contributed by atoms with Crippen molar-refractivity contribution in [2.75, 3.05) is 60.8 Å². The van der Waals surface area contributed by atoms with Crippen molar-refractivity contribution in [3.8, 4) is 16.9 Å². The average molecular weight is 488 g/mol. The molecule has 184 valence electrons. The molecule has 34 heavy (non-hydrogen) atoms. The molecule has 0 amide bonds. The van der Waals surface area contributed by atoms with E-state index in [1.165, 1.54) is 0 Å². The summed E-state index contributed by atoms with van der Waals surface area (Å²) in [5.41, 5.74) is 3.69. The van der Waals surface area contributed by atoms with Crippen LogP contribution in [0.5, 0.6) is 5.75 Å². The van der Waals surface area contributed by atoms with E-state index in [0.29, 0.717) is 43.6 Å². The summed E-state index contributed by atoms with van der Waals surface area (Å²) in [5.74, 6) is 0.716. The topological polar surface area (TPSA) is 73.2 Å².